The van der Waals surface area contributed by atoms with Gasteiger partial charge in [-0.1, -0.05) is 199 Å². The fraction of sp³-hybridized carbons (Fsp3) is 0.909. The highest BCUT2D eigenvalue weighted by molar-refractivity contribution is 5.69. The molecule has 0 amide bonds. The van der Waals surface area contributed by atoms with Gasteiger partial charge in [0.05, 0.1) is 0 Å². The van der Waals surface area contributed by atoms with Crippen LogP contribution < -0.4 is 0 Å². The van der Waals surface area contributed by atoms with Gasteiger partial charge in [0, 0.05) is 12.8 Å². The Morgan fingerprint density at radius 1 is 0.438 bits per heavy atom. The molecule has 0 aromatic rings. The zero-order chi connectivity index (χ0) is 35.0. The summed E-state index contributed by atoms with van der Waals surface area (Å²) in [5.74, 6) is -0.942. The van der Waals surface area contributed by atoms with Crippen molar-refractivity contribution in [2.45, 2.75) is 258 Å². The van der Waals surface area contributed by atoms with Crippen molar-refractivity contribution in [3.05, 3.63) is 12.2 Å². The fourth-order valence-electron chi connectivity index (χ4n) is 6.76. The van der Waals surface area contributed by atoms with E-state index >= 15 is 0 Å². The van der Waals surface area contributed by atoms with Gasteiger partial charge in [0.1, 0.15) is 6.10 Å². The molecule has 4 heteroatoms. The van der Waals surface area contributed by atoms with Crippen LogP contribution in [0.1, 0.15) is 251 Å². The van der Waals surface area contributed by atoms with Crippen LogP contribution in [0.4, 0.5) is 0 Å². The Balaban J connectivity index is 3.64. The molecule has 0 saturated carbocycles. The lowest BCUT2D eigenvalue weighted by Gasteiger charge is -2.17. The lowest BCUT2D eigenvalue weighted by Crippen LogP contribution is -2.19. The first-order valence-corrected chi connectivity index (χ1v) is 21.7. The summed E-state index contributed by atoms with van der Waals surface area (Å²) in [5.41, 5.74) is 0. The van der Waals surface area contributed by atoms with Gasteiger partial charge in [0.15, 0.2) is 0 Å². The molecule has 0 aromatic carbocycles. The highest BCUT2D eigenvalue weighted by Gasteiger charge is 2.16. The number of esters is 1. The van der Waals surface area contributed by atoms with Crippen LogP contribution in [0.15, 0.2) is 12.2 Å². The number of carboxylic acid groups (broad SMARTS) is 1. The van der Waals surface area contributed by atoms with Gasteiger partial charge < -0.3 is 9.84 Å². The first-order chi connectivity index (χ1) is 23.6. The second kappa shape index (κ2) is 40.1. The van der Waals surface area contributed by atoms with Crippen LogP contribution in [0, 0.1) is 0 Å². The highest BCUT2D eigenvalue weighted by atomic mass is 16.5. The minimum atomic E-state index is -0.807. The summed E-state index contributed by atoms with van der Waals surface area (Å²) in [7, 11) is 0. The van der Waals surface area contributed by atoms with Crippen molar-refractivity contribution in [3.8, 4) is 0 Å². The Morgan fingerprint density at radius 2 is 0.771 bits per heavy atom. The minimum absolute atomic E-state index is 0.0766. The van der Waals surface area contributed by atoms with Crippen molar-refractivity contribution in [1.29, 1.82) is 0 Å². The summed E-state index contributed by atoms with van der Waals surface area (Å²) < 4.78 is 5.75. The number of hydrogen-bond acceptors (Lipinski definition) is 3. The van der Waals surface area contributed by atoms with Gasteiger partial charge >= 0.3 is 11.9 Å². The normalized spacial score (nSPS) is 12.2. The number of unbranched alkanes of at least 4 members (excludes halogenated alkanes) is 30. The molecular weight excluding hydrogens is 592 g/mol. The Labute approximate surface area is 300 Å². The molecule has 0 aromatic heterocycles. The molecule has 0 heterocycles. The smallest absolute Gasteiger partial charge is 0.306 e. The van der Waals surface area contributed by atoms with Gasteiger partial charge in [0.25, 0.3) is 0 Å². The fourth-order valence-corrected chi connectivity index (χ4v) is 6.76. The Hall–Kier alpha value is -1.32. The van der Waals surface area contributed by atoms with E-state index in [1.165, 1.54) is 186 Å². The van der Waals surface area contributed by atoms with Crippen molar-refractivity contribution in [2.24, 2.45) is 0 Å². The van der Waals surface area contributed by atoms with Crippen molar-refractivity contribution >= 4 is 11.9 Å². The molecule has 0 aliphatic rings. The monoisotopic (exact) mass is 677 g/mol. The molecule has 0 aliphatic heterocycles. The SMILES string of the molecule is CCCCCCCC/C=C\CCCCCCCCCCCCCC(=O)OC(CCCCCCCCCCCCCCCC)CCC(=O)O. The van der Waals surface area contributed by atoms with Gasteiger partial charge in [-0.2, -0.15) is 0 Å². The molecule has 0 bridgehead atoms. The average molecular weight is 677 g/mol. The van der Waals surface area contributed by atoms with E-state index in [4.69, 9.17) is 9.84 Å². The lowest BCUT2D eigenvalue weighted by molar-refractivity contribution is -0.151. The summed E-state index contributed by atoms with van der Waals surface area (Å²) in [6.45, 7) is 4.55. The van der Waals surface area contributed by atoms with Crippen LogP contribution in [0.5, 0.6) is 0 Å². The van der Waals surface area contributed by atoms with Crippen LogP contribution in [0.25, 0.3) is 0 Å². The van der Waals surface area contributed by atoms with E-state index in [2.05, 4.69) is 26.0 Å². The molecule has 1 atom stereocenters. The molecular formula is C44H84O4. The molecule has 284 valence electrons. The molecule has 0 fully saturated rings. The highest BCUT2D eigenvalue weighted by Crippen LogP contribution is 2.18. The number of carbonyl (C=O) groups is 2. The Kier molecular flexibility index (Phi) is 39.0. The van der Waals surface area contributed by atoms with Gasteiger partial charge in [-0.15, -0.1) is 0 Å². The van der Waals surface area contributed by atoms with Crippen LogP contribution in [0.3, 0.4) is 0 Å². The second-order valence-electron chi connectivity index (χ2n) is 14.9. The molecule has 0 saturated heterocycles. The predicted molar refractivity (Wildman–Crippen MR) is 209 cm³/mol. The quantitative estimate of drug-likeness (QED) is 0.0398. The summed E-state index contributed by atoms with van der Waals surface area (Å²) >= 11 is 0. The van der Waals surface area contributed by atoms with Crippen LogP contribution in [0.2, 0.25) is 0 Å². The summed E-state index contributed by atoms with van der Waals surface area (Å²) in [6, 6.07) is 0. The number of allylic oxidation sites excluding steroid dienone is 2. The second-order valence-corrected chi connectivity index (χ2v) is 14.9. The summed E-state index contributed by atoms with van der Waals surface area (Å²) in [5, 5.41) is 9.14. The topological polar surface area (TPSA) is 63.6 Å². The third-order valence-electron chi connectivity index (χ3n) is 10.0. The third kappa shape index (κ3) is 39.1. The molecule has 0 rings (SSSR count). The number of carbonyl (C=O) groups excluding carboxylic acids is 1. The Bertz CT molecular complexity index is 687. The predicted octanol–water partition coefficient (Wildman–Crippen LogP) is 15.0. The molecule has 1 N–H and O–H groups in total. The number of ether oxygens (including phenoxy) is 1. The number of carboxylic acids is 1. The maximum absolute atomic E-state index is 12.5. The standard InChI is InChI=1S/C44H84O4/c1-3-5-7-9-11-13-15-17-19-20-21-22-23-24-25-27-29-31-33-35-37-39-44(47)48-42(40-41-43(45)46)38-36-34-32-30-28-26-18-16-14-12-10-8-6-4-2/h17,19,42H,3-16,18,20-41H2,1-2H3,(H,45,46)/b19-17-. The lowest BCUT2D eigenvalue weighted by atomic mass is 10.0. The molecule has 0 aliphatic carbocycles. The maximum Gasteiger partial charge on any atom is 0.306 e. The molecule has 1 unspecified atom stereocenters. The van der Waals surface area contributed by atoms with Crippen molar-refractivity contribution in [2.75, 3.05) is 0 Å². The zero-order valence-corrected chi connectivity index (χ0v) is 32.6. The van der Waals surface area contributed by atoms with E-state index in [0.29, 0.717) is 12.8 Å². The van der Waals surface area contributed by atoms with Gasteiger partial charge in [-0.3, -0.25) is 9.59 Å². The van der Waals surface area contributed by atoms with Gasteiger partial charge in [-0.25, -0.2) is 0 Å². The average Bonchev–Trinajstić information content (AvgIpc) is 3.07. The van der Waals surface area contributed by atoms with Gasteiger partial charge in [0.2, 0.25) is 0 Å². The largest absolute Gasteiger partial charge is 0.481 e. The van der Waals surface area contributed by atoms with E-state index in [1.807, 2.05) is 0 Å². The number of aliphatic carboxylic acids is 1. The van der Waals surface area contributed by atoms with Crippen molar-refractivity contribution in [1.82, 2.24) is 0 Å². The number of rotatable bonds is 40. The van der Waals surface area contributed by atoms with Crippen molar-refractivity contribution in [3.63, 3.8) is 0 Å². The maximum atomic E-state index is 12.5. The Morgan fingerprint density at radius 3 is 1.15 bits per heavy atom. The summed E-state index contributed by atoms with van der Waals surface area (Å²) in [4.78, 5) is 23.6. The molecule has 48 heavy (non-hydrogen) atoms. The summed E-state index contributed by atoms with van der Waals surface area (Å²) in [6.07, 6.45) is 49.6. The van der Waals surface area contributed by atoms with E-state index in [-0.39, 0.29) is 18.5 Å². The van der Waals surface area contributed by atoms with E-state index in [9.17, 15) is 9.59 Å². The van der Waals surface area contributed by atoms with E-state index < -0.39 is 5.97 Å². The van der Waals surface area contributed by atoms with Gasteiger partial charge in [-0.05, 0) is 51.4 Å². The molecule has 0 radical (unpaired) electrons. The van der Waals surface area contributed by atoms with Crippen LogP contribution >= 0.6 is 0 Å². The first-order valence-electron chi connectivity index (χ1n) is 21.7. The van der Waals surface area contributed by atoms with E-state index in [0.717, 1.165) is 32.1 Å². The molecule has 4 nitrogen and oxygen atoms in total. The molecule has 0 spiro atoms. The van der Waals surface area contributed by atoms with Crippen LogP contribution in [-0.4, -0.2) is 23.1 Å². The third-order valence-corrected chi connectivity index (χ3v) is 10.0. The minimum Gasteiger partial charge on any atom is -0.481 e. The van der Waals surface area contributed by atoms with Crippen LogP contribution in [-0.2, 0) is 14.3 Å². The van der Waals surface area contributed by atoms with E-state index in [1.54, 1.807) is 0 Å². The first kappa shape index (κ1) is 46.7. The van der Waals surface area contributed by atoms with Crippen molar-refractivity contribution < 1.29 is 19.4 Å². The zero-order valence-electron chi connectivity index (χ0n) is 32.6. The number of hydrogen-bond donors (Lipinski definition) is 1.